The van der Waals surface area contributed by atoms with Crippen LogP contribution < -0.4 is 0 Å². The summed E-state index contributed by atoms with van der Waals surface area (Å²) >= 11 is 0. The van der Waals surface area contributed by atoms with Gasteiger partial charge in [0.25, 0.3) is 0 Å². The van der Waals surface area contributed by atoms with E-state index in [2.05, 4.69) is 48.1 Å². The third kappa shape index (κ3) is 3.37. The zero-order valence-corrected chi connectivity index (χ0v) is 12.4. The first-order valence-corrected chi connectivity index (χ1v) is 6.86. The maximum Gasteiger partial charge on any atom is 0.103 e. The molecule has 0 saturated carbocycles. The van der Waals surface area contributed by atoms with Gasteiger partial charge in [-0.15, -0.1) is 0 Å². The SMILES string of the molecule is C=C(C)C1=C([C@@H](C)C(C)CC)OC(C)(C)CC1. The van der Waals surface area contributed by atoms with Crippen molar-refractivity contribution in [2.24, 2.45) is 11.8 Å². The number of hydrogen-bond acceptors (Lipinski definition) is 1. The fourth-order valence-corrected chi connectivity index (χ4v) is 2.36. The summed E-state index contributed by atoms with van der Waals surface area (Å²) in [6.07, 6.45) is 3.39. The first-order valence-electron chi connectivity index (χ1n) is 6.86. The summed E-state index contributed by atoms with van der Waals surface area (Å²) in [6.45, 7) is 17.4. The van der Waals surface area contributed by atoms with Gasteiger partial charge in [0.2, 0.25) is 0 Å². The third-order valence-electron chi connectivity index (χ3n) is 4.09. The van der Waals surface area contributed by atoms with E-state index in [1.54, 1.807) is 0 Å². The van der Waals surface area contributed by atoms with Crippen molar-refractivity contribution in [2.75, 3.05) is 0 Å². The zero-order chi connectivity index (χ0) is 13.2. The van der Waals surface area contributed by atoms with Crippen LogP contribution in [0.5, 0.6) is 0 Å². The Balaban J connectivity index is 3.06. The minimum Gasteiger partial charge on any atom is -0.492 e. The van der Waals surface area contributed by atoms with Gasteiger partial charge in [-0.05, 0) is 45.1 Å². The second-order valence-electron chi connectivity index (χ2n) is 6.16. The molecule has 0 spiro atoms. The van der Waals surface area contributed by atoms with Gasteiger partial charge in [-0.1, -0.05) is 39.3 Å². The van der Waals surface area contributed by atoms with E-state index in [0.29, 0.717) is 11.8 Å². The predicted octanol–water partition coefficient (Wildman–Crippen LogP) is 5.09. The number of hydrogen-bond donors (Lipinski definition) is 0. The van der Waals surface area contributed by atoms with Crippen molar-refractivity contribution in [3.05, 3.63) is 23.5 Å². The van der Waals surface area contributed by atoms with Crippen LogP contribution in [0.1, 0.15) is 60.8 Å². The van der Waals surface area contributed by atoms with Crippen molar-refractivity contribution in [1.82, 2.24) is 0 Å². The van der Waals surface area contributed by atoms with E-state index in [1.807, 2.05) is 0 Å². The first kappa shape index (κ1) is 14.3. The highest BCUT2D eigenvalue weighted by atomic mass is 16.5. The molecule has 1 heteroatoms. The molecule has 98 valence electrons. The van der Waals surface area contributed by atoms with E-state index in [9.17, 15) is 0 Å². The van der Waals surface area contributed by atoms with E-state index in [0.717, 1.165) is 12.8 Å². The molecule has 1 nitrogen and oxygen atoms in total. The third-order valence-corrected chi connectivity index (χ3v) is 4.09. The molecule has 1 rings (SSSR count). The highest BCUT2D eigenvalue weighted by Crippen LogP contribution is 2.39. The Morgan fingerprint density at radius 1 is 1.41 bits per heavy atom. The predicted molar refractivity (Wildman–Crippen MR) is 74.9 cm³/mol. The average Bonchev–Trinajstić information content (AvgIpc) is 2.25. The standard InChI is InChI=1S/C16H28O/c1-8-12(4)13(5)15-14(11(2)3)9-10-16(6,7)17-15/h12-13H,2,8-10H2,1,3-7H3/t12?,13-/m0/s1. The molecule has 1 unspecified atom stereocenters. The van der Waals surface area contributed by atoms with Crippen molar-refractivity contribution in [2.45, 2.75) is 66.4 Å². The minimum absolute atomic E-state index is 0.0179. The van der Waals surface area contributed by atoms with Crippen LogP contribution in [0.25, 0.3) is 0 Å². The Kier molecular flexibility index (Phi) is 4.46. The van der Waals surface area contributed by atoms with Crippen LogP contribution in [0, 0.1) is 11.8 Å². The van der Waals surface area contributed by atoms with Gasteiger partial charge >= 0.3 is 0 Å². The molecule has 1 heterocycles. The van der Waals surface area contributed by atoms with Crippen molar-refractivity contribution >= 4 is 0 Å². The van der Waals surface area contributed by atoms with Crippen molar-refractivity contribution < 1.29 is 4.74 Å². The lowest BCUT2D eigenvalue weighted by Gasteiger charge is -2.38. The Labute approximate surface area is 107 Å². The minimum atomic E-state index is -0.0179. The van der Waals surface area contributed by atoms with E-state index in [1.165, 1.54) is 23.3 Å². The highest BCUT2D eigenvalue weighted by Gasteiger charge is 2.32. The highest BCUT2D eigenvalue weighted by molar-refractivity contribution is 5.32. The molecular weight excluding hydrogens is 208 g/mol. The van der Waals surface area contributed by atoms with Gasteiger partial charge in [-0.25, -0.2) is 0 Å². The summed E-state index contributed by atoms with van der Waals surface area (Å²) in [6, 6.07) is 0. The van der Waals surface area contributed by atoms with Crippen LogP contribution in [0.4, 0.5) is 0 Å². The monoisotopic (exact) mass is 236 g/mol. The van der Waals surface area contributed by atoms with Crippen LogP contribution >= 0.6 is 0 Å². The molecule has 2 atom stereocenters. The molecule has 0 saturated heterocycles. The normalized spacial score (nSPS) is 22.9. The van der Waals surface area contributed by atoms with Crippen LogP contribution in [0.2, 0.25) is 0 Å². The van der Waals surface area contributed by atoms with Gasteiger partial charge in [0.05, 0.1) is 0 Å². The summed E-state index contributed by atoms with van der Waals surface area (Å²) in [7, 11) is 0. The molecule has 0 bridgehead atoms. The number of rotatable bonds is 4. The van der Waals surface area contributed by atoms with Gasteiger partial charge in [0, 0.05) is 5.92 Å². The Morgan fingerprint density at radius 2 is 2.00 bits per heavy atom. The number of ether oxygens (including phenoxy) is 1. The summed E-state index contributed by atoms with van der Waals surface area (Å²) < 4.78 is 6.25. The molecule has 0 amide bonds. The van der Waals surface area contributed by atoms with Crippen LogP contribution in [0.15, 0.2) is 23.5 Å². The molecule has 1 aliphatic heterocycles. The lowest BCUT2D eigenvalue weighted by molar-refractivity contribution is -0.00717. The van der Waals surface area contributed by atoms with Gasteiger partial charge in [-0.2, -0.15) is 0 Å². The van der Waals surface area contributed by atoms with Gasteiger partial charge in [-0.3, -0.25) is 0 Å². The largest absolute Gasteiger partial charge is 0.492 e. The van der Waals surface area contributed by atoms with E-state index in [4.69, 9.17) is 4.74 Å². The van der Waals surface area contributed by atoms with Crippen molar-refractivity contribution in [3.8, 4) is 0 Å². The van der Waals surface area contributed by atoms with Crippen LogP contribution in [-0.2, 0) is 4.74 Å². The van der Waals surface area contributed by atoms with E-state index < -0.39 is 0 Å². The van der Waals surface area contributed by atoms with Crippen molar-refractivity contribution in [1.29, 1.82) is 0 Å². The summed E-state index contributed by atoms with van der Waals surface area (Å²) in [5.41, 5.74) is 2.51. The molecule has 17 heavy (non-hydrogen) atoms. The molecule has 0 radical (unpaired) electrons. The fourth-order valence-electron chi connectivity index (χ4n) is 2.36. The van der Waals surface area contributed by atoms with Crippen LogP contribution in [0.3, 0.4) is 0 Å². The lowest BCUT2D eigenvalue weighted by atomic mass is 9.83. The quantitative estimate of drug-likeness (QED) is 0.660. The fraction of sp³-hybridized carbons (Fsp3) is 0.750. The second kappa shape index (κ2) is 5.29. The number of allylic oxidation sites excluding steroid dienone is 3. The Bertz CT molecular complexity index is 322. The second-order valence-corrected chi connectivity index (χ2v) is 6.16. The molecular formula is C16H28O. The summed E-state index contributed by atoms with van der Waals surface area (Å²) in [4.78, 5) is 0. The Hall–Kier alpha value is -0.720. The van der Waals surface area contributed by atoms with E-state index >= 15 is 0 Å². The van der Waals surface area contributed by atoms with Crippen molar-refractivity contribution in [3.63, 3.8) is 0 Å². The molecule has 0 aromatic rings. The van der Waals surface area contributed by atoms with Gasteiger partial charge < -0.3 is 4.74 Å². The Morgan fingerprint density at radius 3 is 2.47 bits per heavy atom. The molecule has 0 aromatic heterocycles. The summed E-state index contributed by atoms with van der Waals surface area (Å²) in [5.74, 6) is 2.35. The summed E-state index contributed by atoms with van der Waals surface area (Å²) in [5, 5.41) is 0. The first-order chi connectivity index (χ1) is 7.78. The molecule has 0 aliphatic carbocycles. The lowest BCUT2D eigenvalue weighted by Crippen LogP contribution is -2.32. The average molecular weight is 236 g/mol. The maximum absolute atomic E-state index is 6.25. The maximum atomic E-state index is 6.25. The zero-order valence-electron chi connectivity index (χ0n) is 12.4. The van der Waals surface area contributed by atoms with Gasteiger partial charge in [0.15, 0.2) is 0 Å². The van der Waals surface area contributed by atoms with Crippen LogP contribution in [-0.4, -0.2) is 5.60 Å². The molecule has 0 N–H and O–H groups in total. The topological polar surface area (TPSA) is 9.23 Å². The smallest absolute Gasteiger partial charge is 0.103 e. The molecule has 1 aliphatic rings. The molecule has 0 fully saturated rings. The van der Waals surface area contributed by atoms with E-state index in [-0.39, 0.29) is 5.60 Å². The van der Waals surface area contributed by atoms with Gasteiger partial charge in [0.1, 0.15) is 11.4 Å². The molecule has 0 aromatic carbocycles.